The van der Waals surface area contributed by atoms with Crippen molar-refractivity contribution < 1.29 is 9.47 Å². The van der Waals surface area contributed by atoms with E-state index in [1.54, 1.807) is 39.3 Å². The second kappa shape index (κ2) is 5.44. The highest BCUT2D eigenvalue weighted by Crippen LogP contribution is 2.27. The number of hydrogen-bond acceptors (Lipinski definition) is 4. The predicted molar refractivity (Wildman–Crippen MR) is 75.8 cm³/mol. The maximum absolute atomic E-state index is 11.7. The molecule has 0 spiro atoms. The zero-order valence-electron chi connectivity index (χ0n) is 10.8. The molecule has 0 unspecified atom stereocenters. The van der Waals surface area contributed by atoms with Gasteiger partial charge in [-0.2, -0.15) is 0 Å². The number of aryl methyl sites for hydroxylation is 1. The monoisotopic (exact) mass is 324 g/mol. The summed E-state index contributed by atoms with van der Waals surface area (Å²) in [6.45, 7) is 1.76. The lowest BCUT2D eigenvalue weighted by atomic mass is 10.2. The SMILES string of the molecule is COc1cc(OC)cc(-c2nc(C)c(Br)c(=O)[nH]2)c1. The summed E-state index contributed by atoms with van der Waals surface area (Å²) in [7, 11) is 3.14. The van der Waals surface area contributed by atoms with Crippen molar-refractivity contribution in [2.24, 2.45) is 0 Å². The number of aromatic nitrogens is 2. The molecule has 19 heavy (non-hydrogen) atoms. The average Bonchev–Trinajstić information content (AvgIpc) is 2.43. The van der Waals surface area contributed by atoms with E-state index in [1.807, 2.05) is 0 Å². The molecule has 1 N–H and O–H groups in total. The molecule has 0 atom stereocenters. The first-order chi connectivity index (χ1) is 9.05. The van der Waals surface area contributed by atoms with Crippen LogP contribution in [0.5, 0.6) is 11.5 Å². The first-order valence-electron chi connectivity index (χ1n) is 5.55. The van der Waals surface area contributed by atoms with Crippen molar-refractivity contribution in [2.45, 2.75) is 6.92 Å². The Kier molecular flexibility index (Phi) is 3.90. The minimum absolute atomic E-state index is 0.218. The number of ether oxygens (including phenoxy) is 2. The van der Waals surface area contributed by atoms with Crippen molar-refractivity contribution in [1.82, 2.24) is 9.97 Å². The Labute approximate surface area is 118 Å². The zero-order valence-corrected chi connectivity index (χ0v) is 12.4. The van der Waals surface area contributed by atoms with Gasteiger partial charge in [-0.3, -0.25) is 4.79 Å². The highest BCUT2D eigenvalue weighted by molar-refractivity contribution is 9.10. The van der Waals surface area contributed by atoms with E-state index in [1.165, 1.54) is 0 Å². The molecule has 2 aromatic rings. The highest BCUT2D eigenvalue weighted by Gasteiger charge is 2.09. The average molecular weight is 325 g/mol. The van der Waals surface area contributed by atoms with Crippen LogP contribution < -0.4 is 15.0 Å². The molecule has 1 aromatic carbocycles. The number of nitrogens with zero attached hydrogens (tertiary/aromatic N) is 1. The topological polar surface area (TPSA) is 64.2 Å². The van der Waals surface area contributed by atoms with E-state index in [9.17, 15) is 4.79 Å². The number of halogens is 1. The number of benzene rings is 1. The van der Waals surface area contributed by atoms with E-state index in [-0.39, 0.29) is 5.56 Å². The van der Waals surface area contributed by atoms with Gasteiger partial charge in [-0.15, -0.1) is 0 Å². The quantitative estimate of drug-likeness (QED) is 0.942. The number of nitrogens with one attached hydrogen (secondary N) is 1. The first kappa shape index (κ1) is 13.6. The minimum Gasteiger partial charge on any atom is -0.497 e. The zero-order chi connectivity index (χ0) is 14.0. The van der Waals surface area contributed by atoms with Gasteiger partial charge in [0.15, 0.2) is 0 Å². The Balaban J connectivity index is 2.61. The second-order valence-electron chi connectivity index (χ2n) is 3.92. The lowest BCUT2D eigenvalue weighted by Gasteiger charge is -2.08. The van der Waals surface area contributed by atoms with Crippen LogP contribution >= 0.6 is 15.9 Å². The summed E-state index contributed by atoms with van der Waals surface area (Å²) < 4.78 is 10.8. The van der Waals surface area contributed by atoms with Crippen molar-refractivity contribution in [2.75, 3.05) is 14.2 Å². The van der Waals surface area contributed by atoms with E-state index < -0.39 is 0 Å². The molecule has 6 heteroatoms. The Morgan fingerprint density at radius 2 is 1.74 bits per heavy atom. The molecule has 0 radical (unpaired) electrons. The molecule has 0 fully saturated rings. The van der Waals surface area contributed by atoms with Gasteiger partial charge in [0.05, 0.1) is 19.9 Å². The van der Waals surface area contributed by atoms with Crippen molar-refractivity contribution in [3.63, 3.8) is 0 Å². The van der Waals surface area contributed by atoms with E-state index >= 15 is 0 Å². The van der Waals surface area contributed by atoms with Gasteiger partial charge in [0.25, 0.3) is 5.56 Å². The van der Waals surface area contributed by atoms with Crippen LogP contribution in [-0.2, 0) is 0 Å². The number of methoxy groups -OCH3 is 2. The molecular formula is C13H13BrN2O3. The first-order valence-corrected chi connectivity index (χ1v) is 6.34. The highest BCUT2D eigenvalue weighted by atomic mass is 79.9. The van der Waals surface area contributed by atoms with Crippen LogP contribution in [0.4, 0.5) is 0 Å². The number of H-pyrrole nitrogens is 1. The molecule has 0 saturated carbocycles. The van der Waals surface area contributed by atoms with Crippen LogP contribution in [-0.4, -0.2) is 24.2 Å². The van der Waals surface area contributed by atoms with Gasteiger partial charge < -0.3 is 14.5 Å². The predicted octanol–water partition coefficient (Wildman–Crippen LogP) is 2.53. The van der Waals surface area contributed by atoms with Gasteiger partial charge in [-0.05, 0) is 35.0 Å². The normalized spacial score (nSPS) is 10.3. The van der Waals surface area contributed by atoms with Crippen molar-refractivity contribution >= 4 is 15.9 Å². The Hall–Kier alpha value is -1.82. The molecule has 0 aliphatic rings. The smallest absolute Gasteiger partial charge is 0.265 e. The maximum Gasteiger partial charge on any atom is 0.265 e. The fourth-order valence-corrected chi connectivity index (χ4v) is 1.84. The Morgan fingerprint density at radius 1 is 1.16 bits per heavy atom. The van der Waals surface area contributed by atoms with Crippen molar-refractivity contribution in [3.8, 4) is 22.9 Å². The summed E-state index contributed by atoms with van der Waals surface area (Å²) in [6.07, 6.45) is 0. The van der Waals surface area contributed by atoms with Crippen molar-refractivity contribution in [3.05, 3.63) is 38.7 Å². The van der Waals surface area contributed by atoms with Crippen LogP contribution in [0.2, 0.25) is 0 Å². The van der Waals surface area contributed by atoms with E-state index in [2.05, 4.69) is 25.9 Å². The number of aromatic amines is 1. The third-order valence-electron chi connectivity index (χ3n) is 2.65. The molecular weight excluding hydrogens is 312 g/mol. The largest absolute Gasteiger partial charge is 0.497 e. The van der Waals surface area contributed by atoms with Gasteiger partial charge in [0.1, 0.15) is 21.8 Å². The summed E-state index contributed by atoms with van der Waals surface area (Å²) in [5.41, 5.74) is 1.13. The molecule has 0 amide bonds. The summed E-state index contributed by atoms with van der Waals surface area (Å²) in [4.78, 5) is 18.8. The maximum atomic E-state index is 11.7. The molecule has 100 valence electrons. The summed E-state index contributed by atoms with van der Waals surface area (Å²) in [6, 6.07) is 5.33. The van der Waals surface area contributed by atoms with Gasteiger partial charge in [-0.1, -0.05) is 0 Å². The molecule has 2 rings (SSSR count). The van der Waals surface area contributed by atoms with E-state index in [0.717, 1.165) is 5.56 Å². The molecule has 0 bridgehead atoms. The Bertz CT molecular complexity index is 645. The van der Waals surface area contributed by atoms with Gasteiger partial charge in [0.2, 0.25) is 0 Å². The van der Waals surface area contributed by atoms with Gasteiger partial charge in [0, 0.05) is 11.6 Å². The third-order valence-corrected chi connectivity index (χ3v) is 3.59. The fraction of sp³-hybridized carbons (Fsp3) is 0.231. The summed E-state index contributed by atoms with van der Waals surface area (Å²) in [5, 5.41) is 0. The second-order valence-corrected chi connectivity index (χ2v) is 4.71. The Morgan fingerprint density at radius 3 is 2.21 bits per heavy atom. The van der Waals surface area contributed by atoms with Crippen LogP contribution in [0.3, 0.4) is 0 Å². The number of hydrogen-bond donors (Lipinski definition) is 1. The standard InChI is InChI=1S/C13H13BrN2O3/c1-7-11(14)13(17)16-12(15-7)8-4-9(18-2)6-10(5-8)19-3/h4-6H,1-3H3,(H,15,16,17). The summed E-state index contributed by atoms with van der Waals surface area (Å²) >= 11 is 3.19. The molecule has 0 aliphatic heterocycles. The van der Waals surface area contributed by atoms with Crippen molar-refractivity contribution in [1.29, 1.82) is 0 Å². The van der Waals surface area contributed by atoms with Crippen LogP contribution in [0.15, 0.2) is 27.5 Å². The minimum atomic E-state index is -0.218. The van der Waals surface area contributed by atoms with E-state index in [0.29, 0.717) is 27.5 Å². The lowest BCUT2D eigenvalue weighted by molar-refractivity contribution is 0.394. The van der Waals surface area contributed by atoms with Gasteiger partial charge >= 0.3 is 0 Å². The molecule has 0 aliphatic carbocycles. The van der Waals surface area contributed by atoms with E-state index in [4.69, 9.17) is 9.47 Å². The molecule has 0 saturated heterocycles. The summed E-state index contributed by atoms with van der Waals surface area (Å²) in [5.74, 6) is 1.75. The molecule has 1 heterocycles. The number of rotatable bonds is 3. The van der Waals surface area contributed by atoms with Crippen LogP contribution in [0, 0.1) is 6.92 Å². The van der Waals surface area contributed by atoms with Gasteiger partial charge in [-0.25, -0.2) is 4.98 Å². The molecule has 1 aromatic heterocycles. The van der Waals surface area contributed by atoms with Crippen LogP contribution in [0.25, 0.3) is 11.4 Å². The molecule has 5 nitrogen and oxygen atoms in total. The fourth-order valence-electron chi connectivity index (χ4n) is 1.65. The lowest BCUT2D eigenvalue weighted by Crippen LogP contribution is -2.11. The third kappa shape index (κ3) is 2.78. The van der Waals surface area contributed by atoms with Crippen LogP contribution in [0.1, 0.15) is 5.69 Å².